The molecule has 10 nitrogen and oxygen atoms in total. The number of piperidine rings is 1. The first-order valence-corrected chi connectivity index (χ1v) is 11.7. The third-order valence-electron chi connectivity index (χ3n) is 6.06. The largest absolute Gasteiger partial charge is 0.478 e. The number of carbonyl (C=O) groups is 1. The Bertz CT molecular complexity index is 1300. The van der Waals surface area contributed by atoms with Crippen LogP contribution in [0, 0.1) is 5.92 Å². The number of carbonyl (C=O) groups excluding carboxylic acids is 1. The lowest BCUT2D eigenvalue weighted by molar-refractivity contribution is -0.122. The lowest BCUT2D eigenvalue weighted by atomic mass is 9.98. The molecule has 4 rings (SSSR count). The zero-order valence-corrected chi connectivity index (χ0v) is 20.9. The van der Waals surface area contributed by atoms with Gasteiger partial charge in [-0.1, -0.05) is 18.5 Å². The summed E-state index contributed by atoms with van der Waals surface area (Å²) in [5, 5.41) is 6.86. The van der Waals surface area contributed by atoms with E-state index in [0.29, 0.717) is 29.3 Å². The maximum atomic E-state index is 12.6. The Morgan fingerprint density at radius 2 is 2.09 bits per heavy atom. The lowest BCUT2D eigenvalue weighted by Crippen LogP contribution is -2.44. The summed E-state index contributed by atoms with van der Waals surface area (Å²) in [4.78, 5) is 35.4. The summed E-state index contributed by atoms with van der Waals surface area (Å²) < 4.78 is 12.5. The Labute approximate surface area is 208 Å². The smallest absolute Gasteiger partial charge is 0.293 e. The summed E-state index contributed by atoms with van der Waals surface area (Å²) >= 11 is 6.41. The molecular formula is C24H29ClN6O4. The molecule has 2 N–H and O–H groups in total. The van der Waals surface area contributed by atoms with E-state index in [1.165, 1.54) is 11.6 Å². The Balaban J connectivity index is 1.61. The van der Waals surface area contributed by atoms with Crippen LogP contribution in [-0.2, 0) is 16.6 Å². The Kier molecular flexibility index (Phi) is 7.42. The van der Waals surface area contributed by atoms with Crippen molar-refractivity contribution in [1.29, 1.82) is 0 Å². The van der Waals surface area contributed by atoms with E-state index in [1.54, 1.807) is 26.4 Å². The molecule has 11 heteroatoms. The average molecular weight is 501 g/mol. The highest BCUT2D eigenvalue weighted by Crippen LogP contribution is 2.29. The van der Waals surface area contributed by atoms with Gasteiger partial charge in [-0.15, -0.1) is 0 Å². The number of benzene rings is 1. The number of aromatic nitrogens is 3. The topological polar surface area (TPSA) is 111 Å². The van der Waals surface area contributed by atoms with E-state index >= 15 is 0 Å². The van der Waals surface area contributed by atoms with Crippen molar-refractivity contribution in [2.75, 3.05) is 44.1 Å². The Hall–Kier alpha value is -3.37. The van der Waals surface area contributed by atoms with E-state index in [1.807, 2.05) is 18.2 Å². The van der Waals surface area contributed by atoms with Gasteiger partial charge in [0.15, 0.2) is 18.2 Å². The number of hydrogen-bond acceptors (Lipinski definition) is 8. The molecular weight excluding hydrogens is 472 g/mol. The molecule has 0 aliphatic carbocycles. The predicted octanol–water partition coefficient (Wildman–Crippen LogP) is 2.71. The number of likely N-dealkylation sites (N-methyl/N-ethyl adjacent to an activating group) is 1. The molecule has 35 heavy (non-hydrogen) atoms. The third kappa shape index (κ3) is 5.49. The van der Waals surface area contributed by atoms with Gasteiger partial charge in [0, 0.05) is 45.4 Å². The van der Waals surface area contributed by atoms with Crippen molar-refractivity contribution in [2.45, 2.75) is 19.4 Å². The highest BCUT2D eigenvalue weighted by molar-refractivity contribution is 6.32. The molecule has 3 heterocycles. The van der Waals surface area contributed by atoms with Gasteiger partial charge in [0.2, 0.25) is 5.95 Å². The van der Waals surface area contributed by atoms with Crippen LogP contribution in [0.15, 0.2) is 35.3 Å². The van der Waals surface area contributed by atoms with Gasteiger partial charge in [-0.25, -0.2) is 4.98 Å². The second-order valence-corrected chi connectivity index (χ2v) is 9.11. The number of hydrogen-bond donors (Lipinski definition) is 2. The Morgan fingerprint density at radius 3 is 2.83 bits per heavy atom. The molecule has 1 saturated heterocycles. The van der Waals surface area contributed by atoms with Crippen molar-refractivity contribution in [3.63, 3.8) is 0 Å². The normalized spacial score (nSPS) is 17.9. The van der Waals surface area contributed by atoms with Crippen LogP contribution in [0.1, 0.15) is 13.3 Å². The minimum absolute atomic E-state index is 0.0926. The summed E-state index contributed by atoms with van der Waals surface area (Å²) in [5.41, 5.74) is 1.12. The van der Waals surface area contributed by atoms with Crippen LogP contribution >= 0.6 is 11.6 Å². The molecule has 1 amide bonds. The summed E-state index contributed by atoms with van der Waals surface area (Å²) in [6, 6.07) is 7.16. The number of aryl methyl sites for hydroxylation is 1. The SMILES string of the molecule is CNC(=O)COc1cc2cc(Nc3nc(N4CC(OC)C[C@@H](C)C4)ncc3Cl)ccc2n(C)c1=O. The highest BCUT2D eigenvalue weighted by atomic mass is 35.5. The molecule has 1 fully saturated rings. The van der Waals surface area contributed by atoms with Crippen molar-refractivity contribution in [3.8, 4) is 5.75 Å². The molecule has 0 spiro atoms. The van der Waals surface area contributed by atoms with Gasteiger partial charge in [0.05, 0.1) is 17.8 Å². The van der Waals surface area contributed by atoms with Crippen LogP contribution < -0.4 is 25.8 Å². The van der Waals surface area contributed by atoms with Crippen molar-refractivity contribution in [2.24, 2.45) is 13.0 Å². The number of halogens is 1. The lowest BCUT2D eigenvalue weighted by Gasteiger charge is -2.35. The summed E-state index contributed by atoms with van der Waals surface area (Å²) in [7, 11) is 4.89. The summed E-state index contributed by atoms with van der Waals surface area (Å²) in [5.74, 6) is 1.28. The third-order valence-corrected chi connectivity index (χ3v) is 6.34. The minimum atomic E-state index is -0.323. The van der Waals surface area contributed by atoms with Gasteiger partial charge < -0.3 is 29.6 Å². The van der Waals surface area contributed by atoms with Crippen LogP contribution in [0.25, 0.3) is 10.9 Å². The average Bonchev–Trinajstić information content (AvgIpc) is 2.85. The van der Waals surface area contributed by atoms with Gasteiger partial charge in [-0.2, -0.15) is 4.98 Å². The quantitative estimate of drug-likeness (QED) is 0.509. The van der Waals surface area contributed by atoms with Gasteiger partial charge in [-0.3, -0.25) is 9.59 Å². The standard InChI is InChI=1S/C24H29ClN6O4/c1-14-7-17(34-4)12-31(11-14)24-27-10-18(25)22(29-24)28-16-5-6-19-15(8-16)9-20(23(33)30(19)3)35-13-21(32)26-2/h5-6,8-10,14,17H,7,11-13H2,1-4H3,(H,26,32)(H,27,28,29)/t14-,17?/m1/s1. The van der Waals surface area contributed by atoms with Gasteiger partial charge >= 0.3 is 0 Å². The number of amides is 1. The molecule has 0 radical (unpaired) electrons. The molecule has 1 unspecified atom stereocenters. The van der Waals surface area contributed by atoms with Crippen LogP contribution in [-0.4, -0.2) is 60.4 Å². The van der Waals surface area contributed by atoms with Gasteiger partial charge in [0.25, 0.3) is 11.5 Å². The number of ether oxygens (including phenoxy) is 2. The summed E-state index contributed by atoms with van der Waals surface area (Å²) in [6.45, 7) is 3.49. The van der Waals surface area contributed by atoms with Gasteiger partial charge in [-0.05, 0) is 36.6 Å². The maximum Gasteiger partial charge on any atom is 0.293 e. The van der Waals surface area contributed by atoms with Crippen molar-refractivity contribution in [3.05, 3.63) is 45.8 Å². The van der Waals surface area contributed by atoms with Crippen molar-refractivity contribution < 1.29 is 14.3 Å². The first-order valence-electron chi connectivity index (χ1n) is 11.3. The van der Waals surface area contributed by atoms with Crippen molar-refractivity contribution >= 4 is 45.9 Å². The van der Waals surface area contributed by atoms with E-state index in [9.17, 15) is 9.59 Å². The molecule has 2 atom stereocenters. The molecule has 1 aliphatic rings. The molecule has 1 aliphatic heterocycles. The Morgan fingerprint density at radius 1 is 1.29 bits per heavy atom. The molecule has 3 aromatic rings. The van der Waals surface area contributed by atoms with Gasteiger partial charge in [0.1, 0.15) is 5.02 Å². The van der Waals surface area contributed by atoms with Crippen molar-refractivity contribution in [1.82, 2.24) is 19.9 Å². The van der Waals surface area contributed by atoms with E-state index in [0.717, 1.165) is 29.6 Å². The van der Waals surface area contributed by atoms with E-state index in [4.69, 9.17) is 21.1 Å². The van der Waals surface area contributed by atoms with E-state index < -0.39 is 0 Å². The number of fused-ring (bicyclic) bond motifs is 1. The number of nitrogens with zero attached hydrogens (tertiary/aromatic N) is 4. The number of anilines is 3. The minimum Gasteiger partial charge on any atom is -0.478 e. The molecule has 186 valence electrons. The fourth-order valence-electron chi connectivity index (χ4n) is 4.21. The second-order valence-electron chi connectivity index (χ2n) is 8.70. The number of pyridine rings is 1. The van der Waals surface area contributed by atoms with Crippen LogP contribution in [0.4, 0.5) is 17.5 Å². The van der Waals surface area contributed by atoms with Crippen LogP contribution in [0.5, 0.6) is 5.75 Å². The number of nitrogens with one attached hydrogen (secondary N) is 2. The van der Waals surface area contributed by atoms with Crippen LogP contribution in [0.2, 0.25) is 5.02 Å². The molecule has 1 aromatic carbocycles. The van der Waals surface area contributed by atoms with E-state index in [-0.39, 0.29) is 29.9 Å². The monoisotopic (exact) mass is 500 g/mol. The van der Waals surface area contributed by atoms with Crippen LogP contribution in [0.3, 0.4) is 0 Å². The summed E-state index contributed by atoms with van der Waals surface area (Å²) in [6.07, 6.45) is 2.71. The molecule has 0 bridgehead atoms. The zero-order valence-electron chi connectivity index (χ0n) is 20.2. The fourth-order valence-corrected chi connectivity index (χ4v) is 4.35. The molecule has 2 aromatic heterocycles. The number of rotatable bonds is 7. The zero-order chi connectivity index (χ0) is 25.1. The molecule has 0 saturated carbocycles. The highest BCUT2D eigenvalue weighted by Gasteiger charge is 2.26. The van der Waals surface area contributed by atoms with E-state index in [2.05, 4.69) is 32.4 Å². The maximum absolute atomic E-state index is 12.6. The first kappa shape index (κ1) is 24.7. The second kappa shape index (κ2) is 10.5. The first-order chi connectivity index (χ1) is 16.8. The fraction of sp³-hybridized carbons (Fsp3) is 0.417. The number of methoxy groups -OCH3 is 1. The predicted molar refractivity (Wildman–Crippen MR) is 136 cm³/mol.